The number of nitrogens with one attached hydrogen (secondary N) is 1. The number of benzene rings is 2. The number of likely N-dealkylation sites (tertiary alicyclic amines) is 1. The summed E-state index contributed by atoms with van der Waals surface area (Å²) < 4.78 is 5.22. The van der Waals surface area contributed by atoms with Crippen molar-refractivity contribution in [2.45, 2.75) is 25.4 Å². The van der Waals surface area contributed by atoms with E-state index < -0.39 is 0 Å². The van der Waals surface area contributed by atoms with E-state index in [1.165, 1.54) is 0 Å². The highest BCUT2D eigenvalue weighted by Crippen LogP contribution is 2.21. The lowest BCUT2D eigenvalue weighted by molar-refractivity contribution is -0.128. The molecule has 0 radical (unpaired) electrons. The summed E-state index contributed by atoms with van der Waals surface area (Å²) in [7, 11) is 5.64. The third-order valence-electron chi connectivity index (χ3n) is 5.34. The molecule has 1 heterocycles. The summed E-state index contributed by atoms with van der Waals surface area (Å²) in [6, 6.07) is 15.4. The van der Waals surface area contributed by atoms with Crippen LogP contribution in [0.4, 0.5) is 0 Å². The maximum atomic E-state index is 12.6. The molecule has 1 fully saturated rings. The first-order valence-electron chi connectivity index (χ1n) is 9.93. The molecular weight excluding hydrogens is 366 g/mol. The Balaban J connectivity index is 1.58. The number of hydrogen-bond donors (Lipinski definition) is 1. The summed E-state index contributed by atoms with van der Waals surface area (Å²) >= 11 is 0. The minimum absolute atomic E-state index is 0.0605. The Morgan fingerprint density at radius 1 is 1.14 bits per heavy atom. The van der Waals surface area contributed by atoms with Crippen LogP contribution in [0.3, 0.4) is 0 Å². The van der Waals surface area contributed by atoms with Gasteiger partial charge in [0.15, 0.2) is 0 Å². The summed E-state index contributed by atoms with van der Waals surface area (Å²) in [6.45, 7) is 1.93. The zero-order valence-corrected chi connectivity index (χ0v) is 17.4. The maximum Gasteiger partial charge on any atom is 0.251 e. The predicted octanol–water partition coefficient (Wildman–Crippen LogP) is 2.85. The molecule has 0 saturated carbocycles. The fraction of sp³-hybridized carbons (Fsp3) is 0.391. The summed E-state index contributed by atoms with van der Waals surface area (Å²) in [4.78, 5) is 28.3. The van der Waals surface area contributed by atoms with E-state index >= 15 is 0 Å². The van der Waals surface area contributed by atoms with Crippen LogP contribution in [0.2, 0.25) is 0 Å². The number of nitrogens with zero attached hydrogens (tertiary/aromatic N) is 2. The van der Waals surface area contributed by atoms with Crippen molar-refractivity contribution in [1.29, 1.82) is 0 Å². The van der Waals surface area contributed by atoms with Gasteiger partial charge in [-0.05, 0) is 55.9 Å². The molecule has 1 atom stereocenters. The molecule has 29 heavy (non-hydrogen) atoms. The minimum atomic E-state index is -0.103. The first-order chi connectivity index (χ1) is 14.0. The van der Waals surface area contributed by atoms with E-state index in [9.17, 15) is 9.59 Å². The number of methoxy groups -OCH3 is 1. The van der Waals surface area contributed by atoms with E-state index in [-0.39, 0.29) is 17.9 Å². The molecular formula is C23H29N3O3. The van der Waals surface area contributed by atoms with Crippen molar-refractivity contribution in [1.82, 2.24) is 15.1 Å². The van der Waals surface area contributed by atoms with Crippen molar-refractivity contribution in [2.24, 2.45) is 0 Å². The SMILES string of the molecule is COc1ccc(C(CNC(=O)c2ccc(CN3CCCC3=O)cc2)N(C)C)cc1. The van der Waals surface area contributed by atoms with Gasteiger partial charge in [-0.3, -0.25) is 9.59 Å². The highest BCUT2D eigenvalue weighted by atomic mass is 16.5. The summed E-state index contributed by atoms with van der Waals surface area (Å²) in [5, 5.41) is 3.03. The molecule has 0 bridgehead atoms. The molecule has 0 aliphatic carbocycles. The fourth-order valence-corrected chi connectivity index (χ4v) is 3.57. The molecule has 2 aromatic carbocycles. The van der Waals surface area contributed by atoms with Crippen LogP contribution >= 0.6 is 0 Å². The second-order valence-electron chi connectivity index (χ2n) is 7.58. The van der Waals surface area contributed by atoms with Crippen LogP contribution in [0.25, 0.3) is 0 Å². The quantitative estimate of drug-likeness (QED) is 0.747. The van der Waals surface area contributed by atoms with Crippen molar-refractivity contribution in [3.05, 3.63) is 65.2 Å². The van der Waals surface area contributed by atoms with E-state index in [1.807, 2.05) is 67.5 Å². The lowest BCUT2D eigenvalue weighted by Gasteiger charge is -2.25. The van der Waals surface area contributed by atoms with Gasteiger partial charge in [-0.1, -0.05) is 24.3 Å². The average Bonchev–Trinajstić information content (AvgIpc) is 3.13. The number of amides is 2. The van der Waals surface area contributed by atoms with E-state index in [0.717, 1.165) is 29.8 Å². The monoisotopic (exact) mass is 395 g/mol. The largest absolute Gasteiger partial charge is 0.497 e. The topological polar surface area (TPSA) is 61.9 Å². The Labute approximate surface area is 172 Å². The average molecular weight is 396 g/mol. The van der Waals surface area contributed by atoms with Gasteiger partial charge < -0.3 is 19.9 Å². The van der Waals surface area contributed by atoms with Gasteiger partial charge in [0, 0.05) is 31.6 Å². The van der Waals surface area contributed by atoms with Crippen molar-refractivity contribution < 1.29 is 14.3 Å². The van der Waals surface area contributed by atoms with Crippen LogP contribution in [0, 0.1) is 0 Å². The lowest BCUT2D eigenvalue weighted by atomic mass is 10.1. The molecule has 1 saturated heterocycles. The van der Waals surface area contributed by atoms with Crippen LogP contribution in [0.1, 0.15) is 40.4 Å². The number of carbonyl (C=O) groups is 2. The van der Waals surface area contributed by atoms with Crippen molar-refractivity contribution in [3.63, 3.8) is 0 Å². The van der Waals surface area contributed by atoms with Gasteiger partial charge in [0.05, 0.1) is 13.2 Å². The number of likely N-dealkylation sites (N-methyl/N-ethyl adjacent to an activating group) is 1. The summed E-state index contributed by atoms with van der Waals surface area (Å²) in [6.07, 6.45) is 1.57. The Bertz CT molecular complexity index is 831. The second kappa shape index (κ2) is 9.56. The van der Waals surface area contributed by atoms with E-state index in [2.05, 4.69) is 10.2 Å². The normalized spacial score (nSPS) is 14.9. The van der Waals surface area contributed by atoms with E-state index in [1.54, 1.807) is 7.11 Å². The third kappa shape index (κ3) is 5.35. The number of carbonyl (C=O) groups excluding carboxylic acids is 2. The highest BCUT2D eigenvalue weighted by molar-refractivity contribution is 5.94. The fourth-order valence-electron chi connectivity index (χ4n) is 3.57. The van der Waals surface area contributed by atoms with Crippen molar-refractivity contribution in [3.8, 4) is 5.75 Å². The van der Waals surface area contributed by atoms with Crippen LogP contribution in [-0.4, -0.2) is 55.9 Å². The third-order valence-corrected chi connectivity index (χ3v) is 5.34. The minimum Gasteiger partial charge on any atom is -0.497 e. The Morgan fingerprint density at radius 3 is 2.38 bits per heavy atom. The van der Waals surface area contributed by atoms with Crippen molar-refractivity contribution >= 4 is 11.8 Å². The first-order valence-corrected chi connectivity index (χ1v) is 9.93. The first kappa shape index (κ1) is 20.9. The number of ether oxygens (including phenoxy) is 1. The van der Waals surface area contributed by atoms with Gasteiger partial charge >= 0.3 is 0 Å². The van der Waals surface area contributed by atoms with Gasteiger partial charge in [-0.15, -0.1) is 0 Å². The Hall–Kier alpha value is -2.86. The zero-order valence-electron chi connectivity index (χ0n) is 17.4. The van der Waals surface area contributed by atoms with Crippen molar-refractivity contribution in [2.75, 3.05) is 34.3 Å². The van der Waals surface area contributed by atoms with E-state index in [4.69, 9.17) is 4.74 Å². The smallest absolute Gasteiger partial charge is 0.251 e. The summed E-state index contributed by atoms with van der Waals surface area (Å²) in [5.74, 6) is 0.917. The highest BCUT2D eigenvalue weighted by Gasteiger charge is 2.20. The Morgan fingerprint density at radius 2 is 1.83 bits per heavy atom. The molecule has 0 aromatic heterocycles. The molecule has 6 nitrogen and oxygen atoms in total. The second-order valence-corrected chi connectivity index (χ2v) is 7.58. The molecule has 2 amide bonds. The molecule has 1 N–H and O–H groups in total. The molecule has 1 unspecified atom stereocenters. The summed E-state index contributed by atoms with van der Waals surface area (Å²) in [5.41, 5.74) is 2.77. The van der Waals surface area contributed by atoms with Crippen LogP contribution in [0.5, 0.6) is 5.75 Å². The van der Waals surface area contributed by atoms with Crippen LogP contribution in [0.15, 0.2) is 48.5 Å². The van der Waals surface area contributed by atoms with Gasteiger partial charge in [-0.2, -0.15) is 0 Å². The molecule has 3 rings (SSSR count). The molecule has 2 aromatic rings. The zero-order chi connectivity index (χ0) is 20.8. The van der Waals surface area contributed by atoms with Crippen LogP contribution in [-0.2, 0) is 11.3 Å². The molecule has 0 spiro atoms. The van der Waals surface area contributed by atoms with Gasteiger partial charge in [0.1, 0.15) is 5.75 Å². The van der Waals surface area contributed by atoms with Gasteiger partial charge in [0.25, 0.3) is 5.91 Å². The molecule has 6 heteroatoms. The standard InChI is InChI=1S/C23H29N3O3/c1-25(2)21(18-10-12-20(29-3)13-11-18)15-24-23(28)19-8-6-17(7-9-19)16-26-14-4-5-22(26)27/h6-13,21H,4-5,14-16H2,1-3H3,(H,24,28). The molecule has 1 aliphatic rings. The van der Waals surface area contributed by atoms with Gasteiger partial charge in [-0.25, -0.2) is 0 Å². The lowest BCUT2D eigenvalue weighted by Crippen LogP contribution is -2.34. The maximum absolute atomic E-state index is 12.6. The molecule has 154 valence electrons. The van der Waals surface area contributed by atoms with Gasteiger partial charge in [0.2, 0.25) is 5.91 Å². The predicted molar refractivity (Wildman–Crippen MR) is 113 cm³/mol. The molecule has 1 aliphatic heterocycles. The number of rotatable bonds is 8. The van der Waals surface area contributed by atoms with E-state index in [0.29, 0.717) is 25.1 Å². The Kier molecular flexibility index (Phi) is 6.88. The van der Waals surface area contributed by atoms with Crippen LogP contribution < -0.4 is 10.1 Å². The number of hydrogen-bond acceptors (Lipinski definition) is 4.